The molecule has 98 valence electrons. The van der Waals surface area contributed by atoms with Gasteiger partial charge in [0.15, 0.2) is 0 Å². The van der Waals surface area contributed by atoms with E-state index in [4.69, 9.17) is 4.42 Å². The molecule has 1 aromatic heterocycles. The van der Waals surface area contributed by atoms with E-state index in [-0.39, 0.29) is 0 Å². The Bertz CT molecular complexity index is 412. The van der Waals surface area contributed by atoms with Crippen LogP contribution in [0.15, 0.2) is 16.5 Å². The number of rotatable bonds is 3. The number of nitrogens with one attached hydrogen (secondary N) is 1. The summed E-state index contributed by atoms with van der Waals surface area (Å²) in [5.74, 6) is 5.17. The maximum Gasteiger partial charge on any atom is 0.117 e. The number of hydrogen-bond donors (Lipinski definition) is 1. The molecule has 4 saturated carbocycles. The molecule has 1 aromatic rings. The van der Waals surface area contributed by atoms with Crippen LogP contribution in [0.1, 0.15) is 50.0 Å². The number of hydrogen-bond acceptors (Lipinski definition) is 2. The summed E-state index contributed by atoms with van der Waals surface area (Å²) in [7, 11) is 0. The van der Waals surface area contributed by atoms with Gasteiger partial charge < -0.3 is 9.73 Å². The SMILES string of the molecule is Cc1ccc(CNC23CC4CC(CC(C4)C2)C3)o1. The first-order valence-electron chi connectivity index (χ1n) is 7.51. The Kier molecular flexibility index (Phi) is 2.38. The van der Waals surface area contributed by atoms with Crippen LogP contribution < -0.4 is 5.32 Å². The third-order valence-corrected chi connectivity index (χ3v) is 5.47. The van der Waals surface area contributed by atoms with Gasteiger partial charge in [-0.3, -0.25) is 0 Å². The predicted octanol–water partition coefficient (Wildman–Crippen LogP) is 3.65. The van der Waals surface area contributed by atoms with Gasteiger partial charge in [-0.1, -0.05) is 0 Å². The average molecular weight is 245 g/mol. The van der Waals surface area contributed by atoms with Gasteiger partial charge in [0.2, 0.25) is 0 Å². The van der Waals surface area contributed by atoms with Crippen molar-refractivity contribution in [3.63, 3.8) is 0 Å². The van der Waals surface area contributed by atoms with E-state index in [1.807, 2.05) is 6.92 Å². The zero-order valence-electron chi connectivity index (χ0n) is 11.2. The Morgan fingerprint density at radius 3 is 2.22 bits per heavy atom. The van der Waals surface area contributed by atoms with E-state index in [1.165, 1.54) is 38.5 Å². The van der Waals surface area contributed by atoms with Crippen LogP contribution in [-0.2, 0) is 6.54 Å². The summed E-state index contributed by atoms with van der Waals surface area (Å²) in [6.45, 7) is 2.94. The van der Waals surface area contributed by atoms with E-state index in [0.717, 1.165) is 35.8 Å². The second kappa shape index (κ2) is 3.86. The summed E-state index contributed by atoms with van der Waals surface area (Å²) >= 11 is 0. The van der Waals surface area contributed by atoms with E-state index < -0.39 is 0 Å². The molecule has 4 fully saturated rings. The van der Waals surface area contributed by atoms with E-state index in [2.05, 4.69) is 17.4 Å². The van der Waals surface area contributed by atoms with Gasteiger partial charge in [0.25, 0.3) is 0 Å². The smallest absolute Gasteiger partial charge is 0.117 e. The standard InChI is InChI=1S/C16H23NO/c1-11-2-3-15(18-11)10-17-16-7-12-4-13(8-16)6-14(5-12)9-16/h2-3,12-14,17H,4-10H2,1H3. The fraction of sp³-hybridized carbons (Fsp3) is 0.750. The van der Waals surface area contributed by atoms with Gasteiger partial charge in [0.05, 0.1) is 6.54 Å². The fourth-order valence-electron chi connectivity index (χ4n) is 5.18. The van der Waals surface area contributed by atoms with Crippen LogP contribution in [0, 0.1) is 24.7 Å². The largest absolute Gasteiger partial charge is 0.465 e. The maximum absolute atomic E-state index is 5.68. The van der Waals surface area contributed by atoms with Crippen molar-refractivity contribution < 1.29 is 4.42 Å². The minimum absolute atomic E-state index is 0.454. The van der Waals surface area contributed by atoms with Crippen LogP contribution in [-0.4, -0.2) is 5.54 Å². The van der Waals surface area contributed by atoms with E-state index in [0.29, 0.717) is 5.54 Å². The van der Waals surface area contributed by atoms with Gasteiger partial charge >= 0.3 is 0 Å². The van der Waals surface area contributed by atoms with Gasteiger partial charge in [-0.2, -0.15) is 0 Å². The van der Waals surface area contributed by atoms with Gasteiger partial charge in [0.1, 0.15) is 11.5 Å². The quantitative estimate of drug-likeness (QED) is 0.879. The lowest BCUT2D eigenvalue weighted by Gasteiger charge is -2.57. The van der Waals surface area contributed by atoms with Crippen molar-refractivity contribution in [2.75, 3.05) is 0 Å². The van der Waals surface area contributed by atoms with Crippen LogP contribution in [0.4, 0.5) is 0 Å². The first kappa shape index (κ1) is 11.1. The third-order valence-electron chi connectivity index (χ3n) is 5.47. The normalized spacial score (nSPS) is 41.5. The molecule has 4 aliphatic rings. The van der Waals surface area contributed by atoms with Crippen molar-refractivity contribution in [3.8, 4) is 0 Å². The lowest BCUT2D eigenvalue weighted by Crippen LogP contribution is -2.58. The van der Waals surface area contributed by atoms with Crippen molar-refractivity contribution in [1.29, 1.82) is 0 Å². The molecule has 0 amide bonds. The maximum atomic E-state index is 5.68. The lowest BCUT2D eigenvalue weighted by atomic mass is 9.53. The molecule has 0 radical (unpaired) electrons. The van der Waals surface area contributed by atoms with Crippen LogP contribution in [0.2, 0.25) is 0 Å². The molecule has 4 bridgehead atoms. The molecule has 1 N–H and O–H groups in total. The molecule has 5 rings (SSSR count). The van der Waals surface area contributed by atoms with Crippen molar-refractivity contribution in [2.24, 2.45) is 17.8 Å². The summed E-state index contributed by atoms with van der Waals surface area (Å²) in [6.07, 6.45) is 8.79. The summed E-state index contributed by atoms with van der Waals surface area (Å²) in [6, 6.07) is 4.18. The zero-order chi connectivity index (χ0) is 12.2. The van der Waals surface area contributed by atoms with Gasteiger partial charge in [-0.05, 0) is 75.3 Å². The average Bonchev–Trinajstić information content (AvgIpc) is 2.71. The molecule has 0 aromatic carbocycles. The summed E-state index contributed by atoms with van der Waals surface area (Å²) in [5.41, 5.74) is 0.454. The van der Waals surface area contributed by atoms with E-state index in [1.54, 1.807) is 0 Å². The molecule has 0 unspecified atom stereocenters. The molecule has 18 heavy (non-hydrogen) atoms. The molecular weight excluding hydrogens is 222 g/mol. The monoisotopic (exact) mass is 245 g/mol. The van der Waals surface area contributed by atoms with E-state index >= 15 is 0 Å². The second-order valence-electron chi connectivity index (χ2n) is 7.06. The highest BCUT2D eigenvalue weighted by atomic mass is 16.3. The van der Waals surface area contributed by atoms with Gasteiger partial charge in [-0.25, -0.2) is 0 Å². The molecule has 1 heterocycles. The van der Waals surface area contributed by atoms with Gasteiger partial charge in [-0.15, -0.1) is 0 Å². The highest BCUT2D eigenvalue weighted by Crippen LogP contribution is 2.55. The van der Waals surface area contributed by atoms with Crippen molar-refractivity contribution in [2.45, 2.75) is 57.5 Å². The molecular formula is C16H23NO. The van der Waals surface area contributed by atoms with Crippen LogP contribution in [0.3, 0.4) is 0 Å². The van der Waals surface area contributed by atoms with Crippen LogP contribution in [0.25, 0.3) is 0 Å². The molecule has 2 nitrogen and oxygen atoms in total. The van der Waals surface area contributed by atoms with Crippen LogP contribution in [0.5, 0.6) is 0 Å². The van der Waals surface area contributed by atoms with Gasteiger partial charge in [0, 0.05) is 5.54 Å². The second-order valence-corrected chi connectivity index (χ2v) is 7.06. The number of furan rings is 1. The van der Waals surface area contributed by atoms with Crippen molar-refractivity contribution >= 4 is 0 Å². The lowest BCUT2D eigenvalue weighted by molar-refractivity contribution is -0.0213. The van der Waals surface area contributed by atoms with Crippen molar-refractivity contribution in [3.05, 3.63) is 23.7 Å². The summed E-state index contributed by atoms with van der Waals surface area (Å²) < 4.78 is 5.68. The molecule has 0 aliphatic heterocycles. The van der Waals surface area contributed by atoms with Crippen molar-refractivity contribution in [1.82, 2.24) is 5.32 Å². The number of aryl methyl sites for hydroxylation is 1. The highest BCUT2D eigenvalue weighted by Gasteiger charge is 2.50. The Balaban J connectivity index is 1.47. The van der Waals surface area contributed by atoms with Crippen LogP contribution >= 0.6 is 0 Å². The third kappa shape index (κ3) is 1.82. The first-order valence-corrected chi connectivity index (χ1v) is 7.51. The molecule has 0 spiro atoms. The Hall–Kier alpha value is -0.760. The first-order chi connectivity index (χ1) is 8.71. The molecule has 4 aliphatic carbocycles. The Morgan fingerprint density at radius 1 is 1.11 bits per heavy atom. The fourth-order valence-corrected chi connectivity index (χ4v) is 5.18. The molecule has 0 atom stereocenters. The van der Waals surface area contributed by atoms with E-state index in [9.17, 15) is 0 Å². The minimum atomic E-state index is 0.454. The predicted molar refractivity (Wildman–Crippen MR) is 71.2 cm³/mol. The summed E-state index contributed by atoms with van der Waals surface area (Å²) in [4.78, 5) is 0. The Labute approximate surface area is 109 Å². The molecule has 2 heteroatoms. The summed E-state index contributed by atoms with van der Waals surface area (Å²) in [5, 5.41) is 3.86. The highest BCUT2D eigenvalue weighted by molar-refractivity contribution is 5.09. The topological polar surface area (TPSA) is 25.2 Å². The minimum Gasteiger partial charge on any atom is -0.465 e. The zero-order valence-corrected chi connectivity index (χ0v) is 11.2. The Morgan fingerprint density at radius 2 is 1.72 bits per heavy atom. The molecule has 0 saturated heterocycles.